The first-order valence-electron chi connectivity index (χ1n) is 10.0. The quantitative estimate of drug-likeness (QED) is 0.464. The van der Waals surface area contributed by atoms with E-state index in [9.17, 15) is 9.59 Å². The lowest BCUT2D eigenvalue weighted by Gasteiger charge is -2.15. The summed E-state index contributed by atoms with van der Waals surface area (Å²) < 4.78 is 5.12. The minimum absolute atomic E-state index is 0.102. The van der Waals surface area contributed by atoms with Gasteiger partial charge in [-0.1, -0.05) is 18.2 Å². The number of nitrogen functional groups attached to an aromatic ring is 1. The maximum absolute atomic E-state index is 12.6. The van der Waals surface area contributed by atoms with Crippen LogP contribution in [-0.4, -0.2) is 19.0 Å². The molecule has 3 aromatic carbocycles. The monoisotopic (exact) mass is 416 g/mol. The number of urea groups is 1. The average Bonchev–Trinajstić information content (AvgIpc) is 3.17. The first-order chi connectivity index (χ1) is 15.0. The van der Waals surface area contributed by atoms with Crippen molar-refractivity contribution in [2.75, 3.05) is 23.5 Å². The Labute approximate surface area is 180 Å². The number of hydrogen-bond acceptors (Lipinski definition) is 4. The second-order valence-electron chi connectivity index (χ2n) is 7.37. The molecule has 1 atom stereocenters. The zero-order valence-corrected chi connectivity index (χ0v) is 17.1. The first kappa shape index (κ1) is 20.3. The van der Waals surface area contributed by atoms with Gasteiger partial charge in [-0.15, -0.1) is 0 Å². The number of anilines is 3. The van der Waals surface area contributed by atoms with Gasteiger partial charge in [0.1, 0.15) is 5.75 Å². The van der Waals surface area contributed by atoms with Crippen molar-refractivity contribution in [1.82, 2.24) is 5.32 Å². The molecule has 0 aromatic heterocycles. The summed E-state index contributed by atoms with van der Waals surface area (Å²) in [6.45, 7) is 0. The van der Waals surface area contributed by atoms with E-state index in [0.717, 1.165) is 29.7 Å². The normalized spacial score (nSPS) is 14.4. The Hall–Kier alpha value is -4.00. The lowest BCUT2D eigenvalue weighted by molar-refractivity contribution is 0.102. The lowest BCUT2D eigenvalue weighted by atomic mass is 10.0. The fourth-order valence-electron chi connectivity index (χ4n) is 3.71. The van der Waals surface area contributed by atoms with Crippen LogP contribution in [0.1, 0.15) is 33.9 Å². The van der Waals surface area contributed by atoms with Crippen molar-refractivity contribution in [3.63, 3.8) is 0 Å². The molecular weight excluding hydrogens is 392 g/mol. The number of benzene rings is 3. The van der Waals surface area contributed by atoms with E-state index in [-0.39, 0.29) is 18.0 Å². The molecule has 7 heteroatoms. The summed E-state index contributed by atoms with van der Waals surface area (Å²) in [6, 6.07) is 19.5. The van der Waals surface area contributed by atoms with E-state index in [1.165, 1.54) is 0 Å². The molecule has 3 aromatic rings. The summed E-state index contributed by atoms with van der Waals surface area (Å²) in [5, 5.41) is 8.69. The number of aryl methyl sites for hydroxylation is 1. The van der Waals surface area contributed by atoms with Crippen LogP contribution < -0.4 is 26.4 Å². The summed E-state index contributed by atoms with van der Waals surface area (Å²) in [5.41, 5.74) is 10.3. The number of amides is 3. The van der Waals surface area contributed by atoms with E-state index in [1.807, 2.05) is 24.3 Å². The van der Waals surface area contributed by atoms with Crippen LogP contribution >= 0.6 is 0 Å². The van der Waals surface area contributed by atoms with Crippen molar-refractivity contribution >= 4 is 29.0 Å². The highest BCUT2D eigenvalue weighted by atomic mass is 16.5. The average molecular weight is 416 g/mol. The topological polar surface area (TPSA) is 105 Å². The highest BCUT2D eigenvalue weighted by Crippen LogP contribution is 2.32. The Balaban J connectivity index is 1.40. The third-order valence-electron chi connectivity index (χ3n) is 5.35. The SMILES string of the molecule is COc1ccc(NC(=O)NC2CCc3cc(C(=O)Nc4ccccc4N)ccc32)cc1. The van der Waals surface area contributed by atoms with E-state index >= 15 is 0 Å². The van der Waals surface area contributed by atoms with Gasteiger partial charge in [-0.3, -0.25) is 4.79 Å². The van der Waals surface area contributed by atoms with E-state index < -0.39 is 0 Å². The molecule has 5 N–H and O–H groups in total. The molecule has 3 amide bonds. The molecule has 158 valence electrons. The lowest BCUT2D eigenvalue weighted by Crippen LogP contribution is -2.31. The first-order valence-corrected chi connectivity index (χ1v) is 10.0. The highest BCUT2D eigenvalue weighted by Gasteiger charge is 2.25. The van der Waals surface area contributed by atoms with Crippen LogP contribution in [0.15, 0.2) is 66.7 Å². The van der Waals surface area contributed by atoms with Crippen molar-refractivity contribution in [2.45, 2.75) is 18.9 Å². The van der Waals surface area contributed by atoms with Crippen LogP contribution in [0.5, 0.6) is 5.75 Å². The van der Waals surface area contributed by atoms with Gasteiger partial charge in [0.05, 0.1) is 24.5 Å². The Bertz CT molecular complexity index is 1110. The number of para-hydroxylation sites is 2. The predicted molar refractivity (Wildman–Crippen MR) is 121 cm³/mol. The Kier molecular flexibility index (Phi) is 5.75. The van der Waals surface area contributed by atoms with Crippen molar-refractivity contribution in [3.05, 3.63) is 83.4 Å². The molecule has 7 nitrogen and oxygen atoms in total. The van der Waals surface area contributed by atoms with Crippen LogP contribution in [0.25, 0.3) is 0 Å². The number of rotatable bonds is 5. The van der Waals surface area contributed by atoms with Crippen LogP contribution in [0.2, 0.25) is 0 Å². The number of nitrogens with two attached hydrogens (primary N) is 1. The molecule has 1 aliphatic carbocycles. The van der Waals surface area contributed by atoms with Crippen molar-refractivity contribution in [2.24, 2.45) is 0 Å². The van der Waals surface area contributed by atoms with Gasteiger partial charge in [-0.2, -0.15) is 0 Å². The van der Waals surface area contributed by atoms with Crippen molar-refractivity contribution < 1.29 is 14.3 Å². The molecule has 1 unspecified atom stereocenters. The highest BCUT2D eigenvalue weighted by molar-refractivity contribution is 6.05. The van der Waals surface area contributed by atoms with Gasteiger partial charge in [-0.05, 0) is 72.5 Å². The zero-order valence-electron chi connectivity index (χ0n) is 17.1. The Morgan fingerprint density at radius 3 is 2.52 bits per heavy atom. The van der Waals surface area contributed by atoms with Gasteiger partial charge >= 0.3 is 6.03 Å². The second-order valence-corrected chi connectivity index (χ2v) is 7.37. The molecule has 0 fully saturated rings. The van der Waals surface area contributed by atoms with Crippen LogP contribution in [0.4, 0.5) is 21.9 Å². The smallest absolute Gasteiger partial charge is 0.319 e. The minimum atomic E-state index is -0.274. The largest absolute Gasteiger partial charge is 0.497 e. The van der Waals surface area contributed by atoms with Crippen molar-refractivity contribution in [3.8, 4) is 5.75 Å². The molecule has 0 spiro atoms. The van der Waals surface area contributed by atoms with Crippen LogP contribution in [-0.2, 0) is 6.42 Å². The number of fused-ring (bicyclic) bond motifs is 1. The molecule has 4 rings (SSSR count). The molecular formula is C24H24N4O3. The van der Waals surface area contributed by atoms with Crippen molar-refractivity contribution in [1.29, 1.82) is 0 Å². The molecule has 0 saturated heterocycles. The van der Waals surface area contributed by atoms with E-state index in [4.69, 9.17) is 10.5 Å². The predicted octanol–water partition coefficient (Wildman–Crippen LogP) is 4.34. The maximum atomic E-state index is 12.6. The fourth-order valence-corrected chi connectivity index (χ4v) is 3.71. The zero-order chi connectivity index (χ0) is 21.8. The molecule has 0 radical (unpaired) electrons. The number of carbonyl (C=O) groups is 2. The van der Waals surface area contributed by atoms with Gasteiger partial charge in [0.25, 0.3) is 5.91 Å². The Morgan fingerprint density at radius 2 is 1.77 bits per heavy atom. The molecule has 0 saturated carbocycles. The van der Waals surface area contributed by atoms with Gasteiger partial charge in [0, 0.05) is 11.3 Å². The van der Waals surface area contributed by atoms with Gasteiger partial charge in [0.2, 0.25) is 0 Å². The third-order valence-corrected chi connectivity index (χ3v) is 5.35. The molecule has 0 bridgehead atoms. The maximum Gasteiger partial charge on any atom is 0.319 e. The van der Waals surface area contributed by atoms with Gasteiger partial charge < -0.3 is 26.4 Å². The standard InChI is InChI=1S/C24H24N4O3/c1-31-18-10-8-17(9-11-18)26-24(30)28-21-13-7-15-14-16(6-12-19(15)21)23(29)27-22-5-3-2-4-20(22)25/h2-6,8-12,14,21H,7,13,25H2,1H3,(H,27,29)(H2,26,28,30). The van der Waals surface area contributed by atoms with E-state index in [0.29, 0.717) is 22.6 Å². The number of carbonyl (C=O) groups excluding carboxylic acids is 2. The van der Waals surface area contributed by atoms with Crippen LogP contribution in [0.3, 0.4) is 0 Å². The number of methoxy groups -OCH3 is 1. The molecule has 0 heterocycles. The van der Waals surface area contributed by atoms with Gasteiger partial charge in [0.15, 0.2) is 0 Å². The summed E-state index contributed by atoms with van der Waals surface area (Å²) in [6.07, 6.45) is 1.57. The Morgan fingerprint density at radius 1 is 1.00 bits per heavy atom. The summed E-state index contributed by atoms with van der Waals surface area (Å²) in [7, 11) is 1.60. The second kappa shape index (κ2) is 8.79. The minimum Gasteiger partial charge on any atom is -0.497 e. The summed E-state index contributed by atoms with van der Waals surface area (Å²) >= 11 is 0. The number of nitrogens with one attached hydrogen (secondary N) is 3. The molecule has 31 heavy (non-hydrogen) atoms. The summed E-state index contributed by atoms with van der Waals surface area (Å²) in [5.74, 6) is 0.514. The molecule has 0 aliphatic heterocycles. The van der Waals surface area contributed by atoms with Crippen LogP contribution in [0, 0.1) is 0 Å². The van der Waals surface area contributed by atoms with Gasteiger partial charge in [-0.25, -0.2) is 4.79 Å². The summed E-state index contributed by atoms with van der Waals surface area (Å²) in [4.78, 5) is 25.0. The number of hydrogen-bond donors (Lipinski definition) is 4. The fraction of sp³-hybridized carbons (Fsp3) is 0.167. The molecule has 1 aliphatic rings. The van der Waals surface area contributed by atoms with E-state index in [2.05, 4.69) is 16.0 Å². The van der Waals surface area contributed by atoms with E-state index in [1.54, 1.807) is 49.6 Å². The number of ether oxygens (including phenoxy) is 1. The third kappa shape index (κ3) is 4.61.